The van der Waals surface area contributed by atoms with E-state index in [0.717, 1.165) is 11.6 Å². The first-order chi connectivity index (χ1) is 11.6. The lowest BCUT2D eigenvalue weighted by Gasteiger charge is -2.15. The van der Waals surface area contributed by atoms with Gasteiger partial charge in [-0.1, -0.05) is 48.5 Å². The summed E-state index contributed by atoms with van der Waals surface area (Å²) < 4.78 is 0. The molecule has 0 bridgehead atoms. The van der Waals surface area contributed by atoms with Crippen molar-refractivity contribution in [1.82, 2.24) is 4.90 Å². The van der Waals surface area contributed by atoms with Crippen LogP contribution in [0.15, 0.2) is 71.5 Å². The predicted molar refractivity (Wildman–Crippen MR) is 89.3 cm³/mol. The maximum atomic E-state index is 11.9. The Morgan fingerprint density at radius 3 is 2.42 bits per heavy atom. The molecule has 0 unspecified atom stereocenters. The van der Waals surface area contributed by atoms with Crippen molar-refractivity contribution in [2.75, 3.05) is 6.54 Å². The smallest absolute Gasteiger partial charge is 0.378 e. The molecular formula is C19H16N2O3. The first kappa shape index (κ1) is 15.7. The second-order valence-corrected chi connectivity index (χ2v) is 5.42. The molecule has 0 amide bonds. The zero-order chi connectivity index (χ0) is 16.9. The van der Waals surface area contributed by atoms with Crippen LogP contribution < -0.4 is 10.6 Å². The molecular weight excluding hydrogens is 304 g/mol. The summed E-state index contributed by atoms with van der Waals surface area (Å²) in [5.41, 5.74) is 1.09. The number of aliphatic carboxylic acids is 1. The third-order valence-electron chi connectivity index (χ3n) is 3.70. The van der Waals surface area contributed by atoms with Gasteiger partial charge in [-0.05, 0) is 18.1 Å². The van der Waals surface area contributed by atoms with E-state index in [4.69, 9.17) is 5.11 Å². The van der Waals surface area contributed by atoms with E-state index in [1.807, 2.05) is 53.6 Å². The van der Waals surface area contributed by atoms with E-state index in [-0.39, 0.29) is 5.70 Å². The summed E-state index contributed by atoms with van der Waals surface area (Å²) in [7, 11) is 0. The topological polar surface area (TPSA) is 70.0 Å². The first-order valence-electron chi connectivity index (χ1n) is 7.58. The van der Waals surface area contributed by atoms with Gasteiger partial charge >= 0.3 is 5.97 Å². The highest BCUT2D eigenvalue weighted by atomic mass is 16.4. The molecule has 5 heteroatoms. The van der Waals surface area contributed by atoms with Gasteiger partial charge in [0.15, 0.2) is 0 Å². The van der Waals surface area contributed by atoms with Crippen molar-refractivity contribution >= 4 is 18.0 Å². The maximum absolute atomic E-state index is 11.9. The third-order valence-corrected chi connectivity index (χ3v) is 3.70. The average Bonchev–Trinajstić information content (AvgIpc) is 2.79. The highest BCUT2D eigenvalue weighted by Gasteiger charge is 2.19. The van der Waals surface area contributed by atoms with Crippen LogP contribution in [0.4, 0.5) is 0 Å². The number of carboxylic acids is 1. The zero-order valence-corrected chi connectivity index (χ0v) is 12.9. The Bertz CT molecular complexity index is 917. The molecule has 0 aliphatic carbocycles. The molecule has 1 aliphatic heterocycles. The fourth-order valence-corrected chi connectivity index (χ4v) is 2.48. The van der Waals surface area contributed by atoms with Gasteiger partial charge in [0.25, 0.3) is 5.78 Å². The zero-order valence-electron chi connectivity index (χ0n) is 12.9. The Balaban J connectivity index is 1.95. The molecule has 2 aromatic rings. The van der Waals surface area contributed by atoms with Gasteiger partial charge in [0.05, 0.1) is 5.36 Å². The van der Waals surface area contributed by atoms with Crippen LogP contribution in [0.3, 0.4) is 0 Å². The Labute approximate surface area is 138 Å². The molecule has 1 N–H and O–H groups in total. The van der Waals surface area contributed by atoms with Gasteiger partial charge in [0.2, 0.25) is 0 Å². The van der Waals surface area contributed by atoms with Crippen molar-refractivity contribution in [1.29, 1.82) is 0 Å². The molecule has 1 heterocycles. The number of ketones is 1. The van der Waals surface area contributed by atoms with Crippen LogP contribution in [0.25, 0.3) is 6.20 Å². The molecule has 0 fully saturated rings. The molecule has 5 nitrogen and oxygen atoms in total. The Morgan fingerprint density at radius 2 is 1.67 bits per heavy atom. The maximum Gasteiger partial charge on any atom is 0.378 e. The second-order valence-electron chi connectivity index (χ2n) is 5.42. The lowest BCUT2D eigenvalue weighted by Crippen LogP contribution is -2.26. The number of fused-ring (bicyclic) bond motifs is 1. The number of benzene rings is 2. The number of carbonyl (C=O) groups is 2. The average molecular weight is 320 g/mol. The van der Waals surface area contributed by atoms with Crippen molar-refractivity contribution in [3.63, 3.8) is 0 Å². The Morgan fingerprint density at radius 1 is 0.958 bits per heavy atom. The number of para-hydroxylation sites is 1. The minimum absolute atomic E-state index is 0.0724. The summed E-state index contributed by atoms with van der Waals surface area (Å²) in [5.74, 6) is -2.52. The monoisotopic (exact) mass is 320 g/mol. The number of nitrogens with zero attached hydrogens (tertiary/aromatic N) is 2. The molecule has 0 aromatic heterocycles. The molecule has 3 rings (SSSR count). The molecule has 0 saturated carbocycles. The van der Waals surface area contributed by atoms with E-state index in [2.05, 4.69) is 4.99 Å². The van der Waals surface area contributed by atoms with Crippen LogP contribution in [-0.4, -0.2) is 28.3 Å². The summed E-state index contributed by atoms with van der Waals surface area (Å²) >= 11 is 0. The van der Waals surface area contributed by atoms with E-state index in [1.54, 1.807) is 12.1 Å². The van der Waals surface area contributed by atoms with Crippen LogP contribution in [0.2, 0.25) is 0 Å². The molecule has 1 aliphatic rings. The van der Waals surface area contributed by atoms with Crippen molar-refractivity contribution < 1.29 is 14.7 Å². The predicted octanol–water partition coefficient (Wildman–Crippen LogP) is 1.10. The highest BCUT2D eigenvalue weighted by molar-refractivity contribution is 6.39. The van der Waals surface area contributed by atoms with Crippen LogP contribution in [0.1, 0.15) is 5.56 Å². The SMILES string of the molecule is O=C(O)C(=O)C1=CN(CCc2ccccc2)C=c2ccccc2=N1. The Kier molecular flexibility index (Phi) is 4.52. The first-order valence-corrected chi connectivity index (χ1v) is 7.58. The van der Waals surface area contributed by atoms with Crippen molar-refractivity contribution in [2.45, 2.75) is 6.42 Å². The summed E-state index contributed by atoms with van der Waals surface area (Å²) in [6.07, 6.45) is 4.15. The van der Waals surface area contributed by atoms with Crippen LogP contribution in [0, 0.1) is 0 Å². The number of carboxylic acid groups (broad SMARTS) is 1. The van der Waals surface area contributed by atoms with Crippen molar-refractivity contribution in [3.8, 4) is 0 Å². The van der Waals surface area contributed by atoms with Crippen LogP contribution in [0.5, 0.6) is 0 Å². The summed E-state index contributed by atoms with van der Waals surface area (Å²) in [5, 5.41) is 10.4. The summed E-state index contributed by atoms with van der Waals surface area (Å²) in [4.78, 5) is 28.9. The molecule has 0 saturated heterocycles. The molecule has 0 radical (unpaired) electrons. The van der Waals surface area contributed by atoms with E-state index < -0.39 is 11.8 Å². The molecule has 2 aromatic carbocycles. The van der Waals surface area contributed by atoms with Gasteiger partial charge in [-0.15, -0.1) is 0 Å². The lowest BCUT2D eigenvalue weighted by atomic mass is 10.1. The van der Waals surface area contributed by atoms with E-state index in [9.17, 15) is 9.59 Å². The quantitative estimate of drug-likeness (QED) is 0.838. The largest absolute Gasteiger partial charge is 0.475 e. The number of rotatable bonds is 5. The van der Waals surface area contributed by atoms with Gasteiger partial charge in [0.1, 0.15) is 5.70 Å². The van der Waals surface area contributed by atoms with Gasteiger partial charge in [-0.2, -0.15) is 0 Å². The number of Topliss-reactive ketones (excluding diaryl/α,β-unsaturated/α-hetero) is 1. The minimum atomic E-state index is -1.51. The van der Waals surface area contributed by atoms with Crippen LogP contribution >= 0.6 is 0 Å². The molecule has 0 spiro atoms. The minimum Gasteiger partial charge on any atom is -0.475 e. The lowest BCUT2D eigenvalue weighted by molar-refractivity contribution is -0.147. The fourth-order valence-electron chi connectivity index (χ4n) is 2.48. The van der Waals surface area contributed by atoms with Gasteiger partial charge in [-0.25, -0.2) is 9.79 Å². The van der Waals surface area contributed by atoms with Gasteiger partial charge in [-0.3, -0.25) is 4.79 Å². The number of carbonyl (C=O) groups excluding carboxylic acids is 1. The summed E-state index contributed by atoms with van der Waals surface area (Å²) in [6, 6.07) is 17.3. The second kappa shape index (κ2) is 6.91. The van der Waals surface area contributed by atoms with E-state index in [1.165, 1.54) is 11.8 Å². The number of hydrogen-bond acceptors (Lipinski definition) is 4. The number of hydrogen-bond donors (Lipinski definition) is 1. The standard InChI is InChI=1S/C19H16N2O3/c22-18(19(23)24)17-13-21(11-10-14-6-2-1-3-7-14)12-15-8-4-5-9-16(15)20-17/h1-9,12-13H,10-11H2,(H,23,24). The normalized spacial score (nSPS) is 13.0. The third kappa shape index (κ3) is 3.57. The Hall–Kier alpha value is -3.21. The van der Waals surface area contributed by atoms with E-state index >= 15 is 0 Å². The summed E-state index contributed by atoms with van der Waals surface area (Å²) in [6.45, 7) is 0.615. The van der Waals surface area contributed by atoms with Gasteiger partial charge in [0, 0.05) is 24.2 Å². The molecule has 120 valence electrons. The van der Waals surface area contributed by atoms with E-state index in [0.29, 0.717) is 11.9 Å². The van der Waals surface area contributed by atoms with Crippen LogP contribution in [-0.2, 0) is 16.0 Å². The van der Waals surface area contributed by atoms with Crippen molar-refractivity contribution in [2.24, 2.45) is 4.99 Å². The fraction of sp³-hybridized carbons (Fsp3) is 0.105. The molecule has 0 atom stereocenters. The van der Waals surface area contributed by atoms with Crippen molar-refractivity contribution in [3.05, 3.63) is 82.6 Å². The highest BCUT2D eigenvalue weighted by Crippen LogP contribution is 2.07. The van der Waals surface area contributed by atoms with Gasteiger partial charge < -0.3 is 10.0 Å². The molecule has 24 heavy (non-hydrogen) atoms.